The van der Waals surface area contributed by atoms with Crippen LogP contribution in [0.25, 0.3) is 0 Å². The molecule has 1 atom stereocenters. The van der Waals surface area contributed by atoms with Crippen LogP contribution in [-0.4, -0.2) is 56.1 Å². The standard InChI is InChI=1S/C17H24BrN3O3.ClH/c1-21(11-13-4-2-3-5-15(13)18)17(23)6-7-20-16(22)10-14-12-24-9-8-19-14;/h2-5,14,19H,6-12H2,1H3,(H,20,22);1H. The summed E-state index contributed by atoms with van der Waals surface area (Å²) < 4.78 is 6.30. The first-order chi connectivity index (χ1) is 11.6. The van der Waals surface area contributed by atoms with E-state index >= 15 is 0 Å². The molecule has 6 nitrogen and oxygen atoms in total. The van der Waals surface area contributed by atoms with Gasteiger partial charge in [0.15, 0.2) is 0 Å². The highest BCUT2D eigenvalue weighted by atomic mass is 79.9. The van der Waals surface area contributed by atoms with Gasteiger partial charge < -0.3 is 20.3 Å². The second-order valence-electron chi connectivity index (χ2n) is 5.87. The number of carbonyl (C=O) groups excluding carboxylic acids is 2. The van der Waals surface area contributed by atoms with E-state index in [1.54, 1.807) is 11.9 Å². The summed E-state index contributed by atoms with van der Waals surface area (Å²) in [5.41, 5.74) is 1.06. The summed E-state index contributed by atoms with van der Waals surface area (Å²) in [6.07, 6.45) is 0.669. The van der Waals surface area contributed by atoms with Crippen LogP contribution in [0.5, 0.6) is 0 Å². The first-order valence-electron chi connectivity index (χ1n) is 8.11. The Hall–Kier alpha value is -1.15. The van der Waals surface area contributed by atoms with Crippen LogP contribution >= 0.6 is 28.3 Å². The van der Waals surface area contributed by atoms with Crippen molar-refractivity contribution in [3.8, 4) is 0 Å². The normalized spacial score (nSPS) is 16.6. The van der Waals surface area contributed by atoms with Gasteiger partial charge in [0.2, 0.25) is 11.8 Å². The molecule has 0 aliphatic carbocycles. The van der Waals surface area contributed by atoms with Gasteiger partial charge in [0.1, 0.15) is 0 Å². The van der Waals surface area contributed by atoms with Crippen LogP contribution in [0.3, 0.4) is 0 Å². The molecule has 140 valence electrons. The molecule has 1 aromatic rings. The fourth-order valence-electron chi connectivity index (χ4n) is 2.52. The van der Waals surface area contributed by atoms with Crippen molar-refractivity contribution in [2.24, 2.45) is 0 Å². The highest BCUT2D eigenvalue weighted by molar-refractivity contribution is 9.10. The molecule has 8 heteroatoms. The molecule has 1 unspecified atom stereocenters. The lowest BCUT2D eigenvalue weighted by atomic mass is 10.2. The molecule has 0 spiro atoms. The summed E-state index contributed by atoms with van der Waals surface area (Å²) >= 11 is 3.48. The number of ether oxygens (including phenoxy) is 1. The summed E-state index contributed by atoms with van der Waals surface area (Å²) in [6, 6.07) is 7.89. The first-order valence-corrected chi connectivity index (χ1v) is 8.90. The van der Waals surface area contributed by atoms with Crippen molar-refractivity contribution in [2.75, 3.05) is 33.4 Å². The molecule has 1 fully saturated rings. The van der Waals surface area contributed by atoms with Crippen molar-refractivity contribution in [3.63, 3.8) is 0 Å². The maximum absolute atomic E-state index is 12.2. The third-order valence-electron chi connectivity index (χ3n) is 3.88. The van der Waals surface area contributed by atoms with Gasteiger partial charge in [-0.1, -0.05) is 34.1 Å². The Bertz CT molecular complexity index is 568. The van der Waals surface area contributed by atoms with Gasteiger partial charge in [0, 0.05) is 50.0 Å². The van der Waals surface area contributed by atoms with Crippen LogP contribution in [0.1, 0.15) is 18.4 Å². The zero-order chi connectivity index (χ0) is 17.4. The lowest BCUT2D eigenvalue weighted by Gasteiger charge is -2.23. The van der Waals surface area contributed by atoms with Crippen LogP contribution < -0.4 is 10.6 Å². The molecule has 1 saturated heterocycles. The topological polar surface area (TPSA) is 70.7 Å². The summed E-state index contributed by atoms with van der Waals surface area (Å²) in [6.45, 7) is 2.91. The maximum atomic E-state index is 12.2. The molecule has 25 heavy (non-hydrogen) atoms. The van der Waals surface area contributed by atoms with E-state index in [0.717, 1.165) is 16.6 Å². The molecule has 0 saturated carbocycles. The number of nitrogens with one attached hydrogen (secondary N) is 2. The van der Waals surface area contributed by atoms with E-state index < -0.39 is 0 Å². The number of hydrogen-bond acceptors (Lipinski definition) is 4. The Labute approximate surface area is 163 Å². The Balaban J connectivity index is 0.00000312. The molecular formula is C17H25BrClN3O3. The molecule has 0 bridgehead atoms. The minimum Gasteiger partial charge on any atom is -0.378 e. The van der Waals surface area contributed by atoms with Crippen molar-refractivity contribution in [1.82, 2.24) is 15.5 Å². The molecule has 1 heterocycles. The fraction of sp³-hybridized carbons (Fsp3) is 0.529. The molecule has 2 amide bonds. The molecule has 1 aromatic carbocycles. The van der Waals surface area contributed by atoms with Crippen LogP contribution in [0.4, 0.5) is 0 Å². The van der Waals surface area contributed by atoms with Gasteiger partial charge in [-0.3, -0.25) is 9.59 Å². The summed E-state index contributed by atoms with van der Waals surface area (Å²) in [4.78, 5) is 25.7. The van der Waals surface area contributed by atoms with Gasteiger partial charge in [-0.15, -0.1) is 12.4 Å². The fourth-order valence-corrected chi connectivity index (χ4v) is 2.93. The van der Waals surface area contributed by atoms with Gasteiger partial charge in [0.25, 0.3) is 0 Å². The third kappa shape index (κ3) is 7.73. The average Bonchev–Trinajstić information content (AvgIpc) is 2.57. The minimum absolute atomic E-state index is 0. The summed E-state index contributed by atoms with van der Waals surface area (Å²) in [7, 11) is 1.77. The van der Waals surface area contributed by atoms with E-state index in [2.05, 4.69) is 26.6 Å². The quantitative estimate of drug-likeness (QED) is 0.685. The van der Waals surface area contributed by atoms with Gasteiger partial charge in [-0.25, -0.2) is 0 Å². The minimum atomic E-state index is -0.0562. The molecule has 2 N–H and O–H groups in total. The molecule has 1 aliphatic heterocycles. The van der Waals surface area contributed by atoms with E-state index in [0.29, 0.717) is 39.1 Å². The smallest absolute Gasteiger partial charge is 0.224 e. The number of halogens is 2. The molecule has 1 aliphatic rings. The van der Waals surface area contributed by atoms with Crippen LogP contribution in [0.15, 0.2) is 28.7 Å². The van der Waals surface area contributed by atoms with Crippen LogP contribution in [0, 0.1) is 0 Å². The Morgan fingerprint density at radius 1 is 1.40 bits per heavy atom. The maximum Gasteiger partial charge on any atom is 0.224 e. The Morgan fingerprint density at radius 3 is 2.84 bits per heavy atom. The molecule has 0 radical (unpaired) electrons. The molecule has 0 aromatic heterocycles. The zero-order valence-corrected chi connectivity index (χ0v) is 16.7. The first kappa shape index (κ1) is 21.9. The van der Waals surface area contributed by atoms with E-state index in [-0.39, 0.29) is 30.3 Å². The largest absolute Gasteiger partial charge is 0.378 e. The predicted molar refractivity (Wildman–Crippen MR) is 103 cm³/mol. The van der Waals surface area contributed by atoms with Crippen LogP contribution in [0.2, 0.25) is 0 Å². The monoisotopic (exact) mass is 433 g/mol. The second kappa shape index (κ2) is 11.5. The third-order valence-corrected chi connectivity index (χ3v) is 4.66. The van der Waals surface area contributed by atoms with Crippen LogP contribution in [-0.2, 0) is 20.9 Å². The predicted octanol–water partition coefficient (Wildman–Crippen LogP) is 1.71. The lowest BCUT2D eigenvalue weighted by Crippen LogP contribution is -2.44. The number of rotatable bonds is 7. The Morgan fingerprint density at radius 2 is 2.16 bits per heavy atom. The average molecular weight is 435 g/mol. The molecule has 2 rings (SSSR count). The number of hydrogen-bond donors (Lipinski definition) is 2. The Kier molecular flexibility index (Phi) is 10.0. The van der Waals surface area contributed by atoms with E-state index in [1.165, 1.54) is 0 Å². The van der Waals surface area contributed by atoms with Crippen molar-refractivity contribution in [1.29, 1.82) is 0 Å². The van der Waals surface area contributed by atoms with E-state index in [4.69, 9.17) is 4.74 Å². The number of amides is 2. The highest BCUT2D eigenvalue weighted by Gasteiger charge is 2.17. The van der Waals surface area contributed by atoms with Gasteiger partial charge in [-0.2, -0.15) is 0 Å². The number of carbonyl (C=O) groups is 2. The second-order valence-corrected chi connectivity index (χ2v) is 6.73. The molecular weight excluding hydrogens is 410 g/mol. The van der Waals surface area contributed by atoms with Gasteiger partial charge >= 0.3 is 0 Å². The number of morpholine rings is 1. The van der Waals surface area contributed by atoms with E-state index in [9.17, 15) is 9.59 Å². The van der Waals surface area contributed by atoms with Gasteiger partial charge in [-0.05, 0) is 11.6 Å². The highest BCUT2D eigenvalue weighted by Crippen LogP contribution is 2.17. The SMILES string of the molecule is CN(Cc1ccccc1Br)C(=O)CCNC(=O)CC1COCCN1.Cl. The lowest BCUT2D eigenvalue weighted by molar-refractivity contribution is -0.130. The van der Waals surface area contributed by atoms with E-state index in [1.807, 2.05) is 24.3 Å². The van der Waals surface area contributed by atoms with Gasteiger partial charge in [0.05, 0.1) is 13.2 Å². The van der Waals surface area contributed by atoms with Crippen molar-refractivity contribution >= 4 is 40.2 Å². The zero-order valence-electron chi connectivity index (χ0n) is 14.3. The number of nitrogens with zero attached hydrogens (tertiary/aromatic N) is 1. The summed E-state index contributed by atoms with van der Waals surface area (Å²) in [5, 5.41) is 6.03. The van der Waals surface area contributed by atoms with Crippen molar-refractivity contribution < 1.29 is 14.3 Å². The van der Waals surface area contributed by atoms with Crippen molar-refractivity contribution in [2.45, 2.75) is 25.4 Å². The number of benzene rings is 1. The van der Waals surface area contributed by atoms with Crippen molar-refractivity contribution in [3.05, 3.63) is 34.3 Å². The summed E-state index contributed by atoms with van der Waals surface area (Å²) in [5.74, 6) is -0.0514.